The summed E-state index contributed by atoms with van der Waals surface area (Å²) in [6.07, 6.45) is 0.722. The molecule has 0 aromatic heterocycles. The van der Waals surface area contributed by atoms with Gasteiger partial charge in [-0.05, 0) is 24.1 Å². The number of hydrogen-bond acceptors (Lipinski definition) is 1. The predicted octanol–water partition coefficient (Wildman–Crippen LogP) is 2.84. The SMILES string of the molecule is CCC(C#N)c1cccc(F)c1. The minimum atomic E-state index is -0.277. The third-order valence-electron chi connectivity index (χ3n) is 1.82. The van der Waals surface area contributed by atoms with Gasteiger partial charge in [-0.1, -0.05) is 19.1 Å². The molecule has 1 aromatic carbocycles. The summed E-state index contributed by atoms with van der Waals surface area (Å²) in [5.41, 5.74) is 0.764. The van der Waals surface area contributed by atoms with Crippen LogP contribution in [0.1, 0.15) is 24.8 Å². The molecule has 12 heavy (non-hydrogen) atoms. The first kappa shape index (κ1) is 8.73. The maximum atomic E-state index is 12.7. The Morgan fingerprint density at radius 1 is 1.58 bits per heavy atom. The highest BCUT2D eigenvalue weighted by atomic mass is 19.1. The van der Waals surface area contributed by atoms with Crippen LogP contribution < -0.4 is 0 Å². The number of benzene rings is 1. The third-order valence-corrected chi connectivity index (χ3v) is 1.82. The van der Waals surface area contributed by atoms with E-state index in [0.29, 0.717) is 0 Å². The van der Waals surface area contributed by atoms with Crippen molar-refractivity contribution in [1.29, 1.82) is 5.26 Å². The molecule has 0 radical (unpaired) electrons. The quantitative estimate of drug-likeness (QED) is 0.657. The normalized spacial score (nSPS) is 12.1. The fourth-order valence-corrected chi connectivity index (χ4v) is 1.12. The van der Waals surface area contributed by atoms with Crippen molar-refractivity contribution in [3.8, 4) is 6.07 Å². The van der Waals surface area contributed by atoms with Crippen LogP contribution in [-0.4, -0.2) is 0 Å². The molecular weight excluding hydrogens is 153 g/mol. The molecule has 0 bridgehead atoms. The number of rotatable bonds is 2. The van der Waals surface area contributed by atoms with Gasteiger partial charge in [0.15, 0.2) is 0 Å². The molecular formula is C10H10FN. The van der Waals surface area contributed by atoms with E-state index >= 15 is 0 Å². The van der Waals surface area contributed by atoms with Crippen LogP contribution in [0, 0.1) is 17.1 Å². The first-order valence-electron chi connectivity index (χ1n) is 3.93. The van der Waals surface area contributed by atoms with E-state index < -0.39 is 0 Å². The minimum Gasteiger partial charge on any atom is -0.207 e. The van der Waals surface area contributed by atoms with E-state index in [2.05, 4.69) is 6.07 Å². The predicted molar refractivity (Wildman–Crippen MR) is 45.0 cm³/mol. The van der Waals surface area contributed by atoms with Crippen molar-refractivity contribution in [2.24, 2.45) is 0 Å². The minimum absolute atomic E-state index is 0.180. The Balaban J connectivity index is 2.95. The molecule has 0 aliphatic carbocycles. The molecule has 0 amide bonds. The number of nitriles is 1. The highest BCUT2D eigenvalue weighted by Gasteiger charge is 2.07. The summed E-state index contributed by atoms with van der Waals surface area (Å²) in [4.78, 5) is 0. The van der Waals surface area contributed by atoms with Crippen LogP contribution in [0.15, 0.2) is 24.3 Å². The monoisotopic (exact) mass is 163 g/mol. The van der Waals surface area contributed by atoms with Gasteiger partial charge >= 0.3 is 0 Å². The van der Waals surface area contributed by atoms with Gasteiger partial charge in [0.1, 0.15) is 5.82 Å². The lowest BCUT2D eigenvalue weighted by molar-refractivity contribution is 0.623. The fourth-order valence-electron chi connectivity index (χ4n) is 1.12. The average molecular weight is 163 g/mol. The molecule has 0 saturated heterocycles. The van der Waals surface area contributed by atoms with E-state index in [1.54, 1.807) is 12.1 Å². The van der Waals surface area contributed by atoms with Crippen LogP contribution >= 0.6 is 0 Å². The van der Waals surface area contributed by atoms with Gasteiger partial charge in [0.05, 0.1) is 12.0 Å². The van der Waals surface area contributed by atoms with Crippen molar-refractivity contribution in [3.05, 3.63) is 35.6 Å². The molecule has 62 valence electrons. The molecule has 0 fully saturated rings. The van der Waals surface area contributed by atoms with Crippen molar-refractivity contribution >= 4 is 0 Å². The Hall–Kier alpha value is -1.36. The molecule has 1 atom stereocenters. The van der Waals surface area contributed by atoms with Crippen molar-refractivity contribution < 1.29 is 4.39 Å². The van der Waals surface area contributed by atoms with E-state index in [1.165, 1.54) is 12.1 Å². The van der Waals surface area contributed by atoms with E-state index in [0.717, 1.165) is 12.0 Å². The maximum absolute atomic E-state index is 12.7. The third kappa shape index (κ3) is 1.82. The van der Waals surface area contributed by atoms with Gasteiger partial charge in [-0.25, -0.2) is 4.39 Å². The second-order valence-electron chi connectivity index (χ2n) is 2.64. The summed E-state index contributed by atoms with van der Waals surface area (Å²) < 4.78 is 12.7. The van der Waals surface area contributed by atoms with Gasteiger partial charge in [-0.15, -0.1) is 0 Å². The van der Waals surface area contributed by atoms with Gasteiger partial charge < -0.3 is 0 Å². The molecule has 0 spiro atoms. The Labute approximate surface area is 71.4 Å². The number of hydrogen-bond donors (Lipinski definition) is 0. The zero-order valence-corrected chi connectivity index (χ0v) is 6.92. The molecule has 1 aromatic rings. The Morgan fingerprint density at radius 2 is 2.33 bits per heavy atom. The Morgan fingerprint density at radius 3 is 2.83 bits per heavy atom. The zero-order chi connectivity index (χ0) is 8.97. The molecule has 1 rings (SSSR count). The van der Waals surface area contributed by atoms with Crippen LogP contribution in [0.5, 0.6) is 0 Å². The van der Waals surface area contributed by atoms with Crippen molar-refractivity contribution in [1.82, 2.24) is 0 Å². The summed E-state index contributed by atoms with van der Waals surface area (Å²) in [6, 6.07) is 8.33. The van der Waals surface area contributed by atoms with E-state index in [4.69, 9.17) is 5.26 Å². The molecule has 1 nitrogen and oxygen atoms in total. The number of nitrogens with zero attached hydrogens (tertiary/aromatic N) is 1. The van der Waals surface area contributed by atoms with Gasteiger partial charge in [-0.3, -0.25) is 0 Å². The molecule has 0 aliphatic heterocycles. The Kier molecular flexibility index (Phi) is 2.82. The first-order chi connectivity index (χ1) is 5.77. The van der Waals surface area contributed by atoms with E-state index in [1.807, 2.05) is 6.92 Å². The zero-order valence-electron chi connectivity index (χ0n) is 6.92. The van der Waals surface area contributed by atoms with Gasteiger partial charge in [0.25, 0.3) is 0 Å². The highest BCUT2D eigenvalue weighted by molar-refractivity contribution is 5.25. The molecule has 1 unspecified atom stereocenters. The summed E-state index contributed by atoms with van der Waals surface area (Å²) in [5, 5.41) is 8.70. The maximum Gasteiger partial charge on any atom is 0.123 e. The van der Waals surface area contributed by atoms with Crippen molar-refractivity contribution in [2.75, 3.05) is 0 Å². The Bertz CT molecular complexity index is 301. The van der Waals surface area contributed by atoms with Crippen molar-refractivity contribution in [2.45, 2.75) is 19.3 Å². The first-order valence-corrected chi connectivity index (χ1v) is 3.93. The van der Waals surface area contributed by atoms with E-state index in [-0.39, 0.29) is 11.7 Å². The molecule has 0 N–H and O–H groups in total. The molecule has 0 saturated carbocycles. The number of halogens is 1. The lowest BCUT2D eigenvalue weighted by Gasteiger charge is -2.04. The summed E-state index contributed by atoms with van der Waals surface area (Å²) >= 11 is 0. The average Bonchev–Trinajstić information content (AvgIpc) is 2.07. The smallest absolute Gasteiger partial charge is 0.123 e. The molecule has 0 heterocycles. The second-order valence-corrected chi connectivity index (χ2v) is 2.64. The standard InChI is InChI=1S/C10H10FN/c1-2-8(7-12)9-4-3-5-10(11)6-9/h3-6,8H,2H2,1H3. The molecule has 0 aliphatic rings. The lowest BCUT2D eigenvalue weighted by atomic mass is 9.98. The van der Waals surface area contributed by atoms with Crippen LogP contribution in [0.4, 0.5) is 4.39 Å². The van der Waals surface area contributed by atoms with Crippen LogP contribution in [0.25, 0.3) is 0 Å². The largest absolute Gasteiger partial charge is 0.207 e. The van der Waals surface area contributed by atoms with Crippen LogP contribution in [0.3, 0.4) is 0 Å². The highest BCUT2D eigenvalue weighted by Crippen LogP contribution is 2.18. The van der Waals surface area contributed by atoms with Crippen LogP contribution in [-0.2, 0) is 0 Å². The lowest BCUT2D eigenvalue weighted by Crippen LogP contribution is -1.93. The van der Waals surface area contributed by atoms with Crippen molar-refractivity contribution in [3.63, 3.8) is 0 Å². The summed E-state index contributed by atoms with van der Waals surface area (Å²) in [5.74, 6) is -0.457. The summed E-state index contributed by atoms with van der Waals surface area (Å²) in [6.45, 7) is 1.92. The van der Waals surface area contributed by atoms with E-state index in [9.17, 15) is 4.39 Å². The van der Waals surface area contributed by atoms with Gasteiger partial charge in [-0.2, -0.15) is 5.26 Å². The topological polar surface area (TPSA) is 23.8 Å². The van der Waals surface area contributed by atoms with Gasteiger partial charge in [0.2, 0.25) is 0 Å². The van der Waals surface area contributed by atoms with Gasteiger partial charge in [0, 0.05) is 0 Å². The molecule has 2 heteroatoms. The van der Waals surface area contributed by atoms with Crippen LogP contribution in [0.2, 0.25) is 0 Å². The second kappa shape index (κ2) is 3.87. The fraction of sp³-hybridized carbons (Fsp3) is 0.300. The summed E-state index contributed by atoms with van der Waals surface area (Å²) in [7, 11) is 0.